The van der Waals surface area contributed by atoms with Gasteiger partial charge in [-0.2, -0.15) is 0 Å². The molecule has 0 aliphatic heterocycles. The zero-order valence-electron chi connectivity index (χ0n) is 7.34. The molecule has 2 N–H and O–H groups in total. The van der Waals surface area contributed by atoms with Crippen LogP contribution in [0.25, 0.3) is 12.7 Å². The molecule has 0 fully saturated rings. The molecule has 1 aliphatic rings. The SMILES string of the molecule is C=c1c(N)ccc2c1=CCCC2=S. The third-order valence-electron chi connectivity index (χ3n) is 2.41. The standard InChI is InChI=1S/C11H11NS/c1-7-8-3-2-4-11(13)9(8)5-6-10(7)12/h3,5-6H,1-2,4,12H2. The Morgan fingerprint density at radius 3 is 2.92 bits per heavy atom. The maximum atomic E-state index is 5.76. The van der Waals surface area contributed by atoms with E-state index in [4.69, 9.17) is 18.0 Å². The fourth-order valence-corrected chi connectivity index (χ4v) is 1.94. The summed E-state index contributed by atoms with van der Waals surface area (Å²) in [5.41, 5.74) is 7.65. The molecule has 0 amide bonds. The lowest BCUT2D eigenvalue weighted by Crippen LogP contribution is -2.33. The van der Waals surface area contributed by atoms with Crippen molar-refractivity contribution in [3.63, 3.8) is 0 Å². The van der Waals surface area contributed by atoms with Gasteiger partial charge in [0.05, 0.1) is 0 Å². The Balaban J connectivity index is 2.87. The summed E-state index contributed by atoms with van der Waals surface area (Å²) in [5.74, 6) is 0. The van der Waals surface area contributed by atoms with Gasteiger partial charge in [0.2, 0.25) is 0 Å². The van der Waals surface area contributed by atoms with Gasteiger partial charge in [-0.05, 0) is 34.9 Å². The molecule has 1 nitrogen and oxygen atoms in total. The largest absolute Gasteiger partial charge is 0.398 e. The van der Waals surface area contributed by atoms with Crippen LogP contribution < -0.4 is 16.2 Å². The number of benzene rings is 1. The quantitative estimate of drug-likeness (QED) is 0.486. The van der Waals surface area contributed by atoms with Crippen molar-refractivity contribution in [1.29, 1.82) is 0 Å². The highest BCUT2D eigenvalue weighted by Gasteiger charge is 2.08. The molecule has 2 rings (SSSR count). The Labute approximate surface area is 82.6 Å². The molecule has 1 aliphatic carbocycles. The van der Waals surface area contributed by atoms with Gasteiger partial charge in [0.25, 0.3) is 0 Å². The fourth-order valence-electron chi connectivity index (χ4n) is 1.64. The van der Waals surface area contributed by atoms with Gasteiger partial charge in [-0.25, -0.2) is 0 Å². The van der Waals surface area contributed by atoms with E-state index in [1.165, 1.54) is 0 Å². The Hall–Kier alpha value is -1.15. The van der Waals surface area contributed by atoms with E-state index in [0.717, 1.165) is 39.4 Å². The minimum atomic E-state index is 0.750. The summed E-state index contributed by atoms with van der Waals surface area (Å²) >= 11 is 5.27. The van der Waals surface area contributed by atoms with Crippen LogP contribution in [0.5, 0.6) is 0 Å². The lowest BCUT2D eigenvalue weighted by molar-refractivity contribution is 1.13. The first-order valence-corrected chi connectivity index (χ1v) is 4.72. The number of rotatable bonds is 0. The van der Waals surface area contributed by atoms with Gasteiger partial charge >= 0.3 is 0 Å². The zero-order valence-corrected chi connectivity index (χ0v) is 8.16. The Morgan fingerprint density at radius 1 is 1.38 bits per heavy atom. The van der Waals surface area contributed by atoms with Crippen LogP contribution in [0, 0.1) is 0 Å². The van der Waals surface area contributed by atoms with E-state index in [9.17, 15) is 0 Å². The van der Waals surface area contributed by atoms with E-state index < -0.39 is 0 Å². The molecule has 66 valence electrons. The molecule has 0 heterocycles. The molecule has 0 bridgehead atoms. The van der Waals surface area contributed by atoms with Gasteiger partial charge in [-0.15, -0.1) is 0 Å². The molecular weight excluding hydrogens is 178 g/mol. The normalized spacial score (nSPS) is 14.9. The molecule has 0 saturated carbocycles. The van der Waals surface area contributed by atoms with Crippen molar-refractivity contribution in [3.05, 3.63) is 28.1 Å². The van der Waals surface area contributed by atoms with Crippen molar-refractivity contribution < 1.29 is 0 Å². The van der Waals surface area contributed by atoms with Crippen molar-refractivity contribution in [2.75, 3.05) is 5.73 Å². The second kappa shape index (κ2) is 2.96. The average Bonchev–Trinajstić information content (AvgIpc) is 2.12. The highest BCUT2D eigenvalue weighted by molar-refractivity contribution is 7.80. The minimum Gasteiger partial charge on any atom is -0.398 e. The van der Waals surface area contributed by atoms with Gasteiger partial charge in [-0.1, -0.05) is 30.9 Å². The van der Waals surface area contributed by atoms with Crippen LogP contribution in [-0.4, -0.2) is 4.86 Å². The molecule has 0 unspecified atom stereocenters. The summed E-state index contributed by atoms with van der Waals surface area (Å²) < 4.78 is 0. The molecule has 1 aromatic rings. The summed E-state index contributed by atoms with van der Waals surface area (Å²) in [6.45, 7) is 3.95. The van der Waals surface area contributed by atoms with E-state index in [0.29, 0.717) is 0 Å². The number of hydrogen-bond acceptors (Lipinski definition) is 2. The monoisotopic (exact) mass is 189 g/mol. The number of fused-ring (bicyclic) bond motifs is 1. The van der Waals surface area contributed by atoms with Crippen molar-refractivity contribution in [2.24, 2.45) is 0 Å². The van der Waals surface area contributed by atoms with Crippen molar-refractivity contribution in [3.8, 4) is 0 Å². The van der Waals surface area contributed by atoms with Gasteiger partial charge in [0, 0.05) is 10.6 Å². The topological polar surface area (TPSA) is 26.0 Å². The highest BCUT2D eigenvalue weighted by Crippen LogP contribution is 2.08. The van der Waals surface area contributed by atoms with E-state index >= 15 is 0 Å². The van der Waals surface area contributed by atoms with Gasteiger partial charge in [0.15, 0.2) is 0 Å². The number of hydrogen-bond donors (Lipinski definition) is 1. The molecule has 1 aromatic carbocycles. The third-order valence-corrected chi connectivity index (χ3v) is 2.84. The van der Waals surface area contributed by atoms with Crippen LogP contribution in [0.15, 0.2) is 12.1 Å². The minimum absolute atomic E-state index is 0.750. The van der Waals surface area contributed by atoms with E-state index in [-0.39, 0.29) is 0 Å². The Morgan fingerprint density at radius 2 is 2.15 bits per heavy atom. The Kier molecular flexibility index (Phi) is 1.93. The number of thiocarbonyl (C=S) groups is 1. The molecule has 0 spiro atoms. The first-order chi connectivity index (χ1) is 6.20. The molecule has 0 aromatic heterocycles. The van der Waals surface area contributed by atoms with Crippen molar-refractivity contribution in [1.82, 2.24) is 0 Å². The molecule has 0 saturated heterocycles. The Bertz CT molecular complexity index is 474. The predicted octanol–water partition coefficient (Wildman–Crippen LogP) is 0.971. The lowest BCUT2D eigenvalue weighted by atomic mass is 9.97. The smallest absolute Gasteiger partial charge is 0.0388 e. The summed E-state index contributed by atoms with van der Waals surface area (Å²) in [6.07, 6.45) is 4.16. The molecular formula is C11H11NS. The number of nitrogens with two attached hydrogens (primary N) is 1. The summed E-state index contributed by atoms with van der Waals surface area (Å²) in [7, 11) is 0. The maximum absolute atomic E-state index is 5.76. The first-order valence-electron chi connectivity index (χ1n) is 4.31. The fraction of sp³-hybridized carbons (Fsp3) is 0.182. The summed E-state index contributed by atoms with van der Waals surface area (Å²) in [5, 5.41) is 2.05. The van der Waals surface area contributed by atoms with Crippen LogP contribution in [-0.2, 0) is 0 Å². The first kappa shape index (κ1) is 8.45. The number of anilines is 1. The van der Waals surface area contributed by atoms with E-state index in [2.05, 4.69) is 12.7 Å². The van der Waals surface area contributed by atoms with Gasteiger partial charge in [0.1, 0.15) is 0 Å². The van der Waals surface area contributed by atoms with Crippen LogP contribution in [0.4, 0.5) is 5.69 Å². The van der Waals surface area contributed by atoms with Crippen molar-refractivity contribution in [2.45, 2.75) is 12.8 Å². The number of nitrogen functional groups attached to an aromatic ring is 1. The molecule has 0 radical (unpaired) electrons. The van der Waals surface area contributed by atoms with E-state index in [1.807, 2.05) is 12.1 Å². The second-order valence-corrected chi connectivity index (χ2v) is 3.75. The zero-order chi connectivity index (χ0) is 9.42. The van der Waals surface area contributed by atoms with Crippen LogP contribution in [0.1, 0.15) is 18.4 Å². The maximum Gasteiger partial charge on any atom is 0.0388 e. The molecule has 0 atom stereocenters. The highest BCUT2D eigenvalue weighted by atomic mass is 32.1. The summed E-state index contributed by atoms with van der Waals surface area (Å²) in [4.78, 5) is 1.03. The average molecular weight is 189 g/mol. The van der Waals surface area contributed by atoms with Crippen LogP contribution in [0.2, 0.25) is 0 Å². The predicted molar refractivity (Wildman–Crippen MR) is 61.0 cm³/mol. The molecule has 13 heavy (non-hydrogen) atoms. The van der Waals surface area contributed by atoms with E-state index in [1.54, 1.807) is 0 Å². The van der Waals surface area contributed by atoms with Gasteiger partial charge in [-0.3, -0.25) is 0 Å². The molecule has 2 heteroatoms. The third kappa shape index (κ3) is 1.27. The second-order valence-electron chi connectivity index (χ2n) is 3.26. The van der Waals surface area contributed by atoms with Gasteiger partial charge < -0.3 is 5.73 Å². The summed E-state index contributed by atoms with van der Waals surface area (Å²) in [6, 6.07) is 3.88. The van der Waals surface area contributed by atoms with Crippen LogP contribution in [0.3, 0.4) is 0 Å². The van der Waals surface area contributed by atoms with Crippen LogP contribution >= 0.6 is 12.2 Å². The van der Waals surface area contributed by atoms with Crippen molar-refractivity contribution >= 4 is 35.4 Å². The lowest BCUT2D eigenvalue weighted by Gasteiger charge is -2.10.